The molecule has 0 radical (unpaired) electrons. The maximum absolute atomic E-state index is 13.0. The first-order valence-electron chi connectivity index (χ1n) is 12.9. The van der Waals surface area contributed by atoms with Crippen molar-refractivity contribution in [2.45, 2.75) is 76.1 Å². The minimum atomic E-state index is -0.605. The lowest BCUT2D eigenvalue weighted by atomic mass is 9.86. The van der Waals surface area contributed by atoms with E-state index in [0.717, 1.165) is 55.1 Å². The summed E-state index contributed by atoms with van der Waals surface area (Å²) >= 11 is 0. The Labute approximate surface area is 210 Å². The number of fused-ring (bicyclic) bond motifs is 1. The van der Waals surface area contributed by atoms with Gasteiger partial charge in [0.05, 0.1) is 0 Å². The monoisotopic (exact) mass is 489 g/mol. The van der Waals surface area contributed by atoms with E-state index in [9.17, 15) is 14.4 Å². The first-order chi connectivity index (χ1) is 17.5. The molecule has 2 aromatic rings. The fraction of sp³-hybridized carbons (Fsp3) is 0.519. The van der Waals surface area contributed by atoms with Gasteiger partial charge in [0.15, 0.2) is 0 Å². The number of carbonyl (C=O) groups excluding carboxylic acids is 3. The van der Waals surface area contributed by atoms with Crippen molar-refractivity contribution in [2.75, 3.05) is 13.1 Å². The molecule has 3 aliphatic heterocycles. The molecule has 3 amide bonds. The van der Waals surface area contributed by atoms with Crippen molar-refractivity contribution in [3.8, 4) is 5.75 Å². The van der Waals surface area contributed by atoms with Gasteiger partial charge in [-0.1, -0.05) is 6.42 Å². The summed E-state index contributed by atoms with van der Waals surface area (Å²) in [5, 5.41) is 2.35. The van der Waals surface area contributed by atoms with Crippen LogP contribution in [0.25, 0.3) is 0 Å². The molecule has 6 rings (SSSR count). The predicted molar refractivity (Wildman–Crippen MR) is 130 cm³/mol. The fourth-order valence-corrected chi connectivity index (χ4v) is 5.99. The first-order valence-corrected chi connectivity index (χ1v) is 12.9. The number of benzene rings is 1. The molecule has 9 nitrogen and oxygen atoms in total. The van der Waals surface area contributed by atoms with Crippen LogP contribution >= 0.6 is 0 Å². The molecular weight excluding hydrogens is 458 g/mol. The van der Waals surface area contributed by atoms with E-state index in [-0.39, 0.29) is 24.3 Å². The molecular formula is C27H31N5O4. The summed E-state index contributed by atoms with van der Waals surface area (Å²) < 4.78 is 6.53. The predicted octanol–water partition coefficient (Wildman–Crippen LogP) is 2.34. The van der Waals surface area contributed by atoms with Crippen LogP contribution in [-0.2, 0) is 16.1 Å². The van der Waals surface area contributed by atoms with Gasteiger partial charge in [-0.05, 0) is 61.9 Å². The zero-order valence-electron chi connectivity index (χ0n) is 20.5. The Hall–Kier alpha value is -3.33. The van der Waals surface area contributed by atoms with Crippen molar-refractivity contribution in [1.29, 1.82) is 0 Å². The number of nitrogens with zero attached hydrogens (tertiary/aromatic N) is 4. The molecule has 1 N–H and O–H groups in total. The van der Waals surface area contributed by atoms with Crippen molar-refractivity contribution < 1.29 is 19.1 Å². The number of piperidine rings is 1. The molecule has 9 heteroatoms. The second-order valence-electron chi connectivity index (χ2n) is 10.5. The summed E-state index contributed by atoms with van der Waals surface area (Å²) in [6.07, 6.45) is 8.95. The van der Waals surface area contributed by atoms with Crippen LogP contribution in [-0.4, -0.2) is 68.8 Å². The van der Waals surface area contributed by atoms with Crippen LogP contribution in [0.1, 0.15) is 71.8 Å². The maximum atomic E-state index is 13.0. The molecule has 3 fully saturated rings. The highest BCUT2D eigenvalue weighted by Gasteiger charge is 2.41. The Morgan fingerprint density at radius 2 is 1.81 bits per heavy atom. The molecule has 1 unspecified atom stereocenters. The average molecular weight is 490 g/mol. The van der Waals surface area contributed by atoms with Gasteiger partial charge in [0.1, 0.15) is 23.7 Å². The second kappa shape index (κ2) is 9.28. The lowest BCUT2D eigenvalue weighted by Gasteiger charge is -2.47. The normalized spacial score (nSPS) is 27.0. The molecule has 1 aliphatic carbocycles. The van der Waals surface area contributed by atoms with E-state index in [0.29, 0.717) is 30.5 Å². The molecule has 1 aromatic heterocycles. The maximum Gasteiger partial charge on any atom is 0.255 e. The van der Waals surface area contributed by atoms with Crippen molar-refractivity contribution >= 4 is 17.7 Å². The molecule has 4 heterocycles. The molecule has 188 valence electrons. The SMILES string of the molecule is Cc1cnc(C2CN([C@@H]3CCCC[C@@H]3Oc3ccc4c(c3)CN(C3CCC(=O)NC3=O)C4=O)C2)nc1. The number of aryl methyl sites for hydroxylation is 1. The van der Waals surface area contributed by atoms with E-state index in [4.69, 9.17) is 4.74 Å². The standard InChI is InChI=1S/C27H31N5O4/c1-16-11-28-25(29-12-16)18-13-31(14-18)21-4-2-3-5-23(21)36-19-6-7-20-17(10-19)15-32(27(20)35)22-8-9-24(33)30-26(22)34/h6-7,10-12,18,21-23H,2-5,8-9,13-15H2,1H3,(H,30,33,34)/t21-,22?,23+/m1/s1. The quantitative estimate of drug-likeness (QED) is 0.643. The van der Waals surface area contributed by atoms with Crippen molar-refractivity contribution in [1.82, 2.24) is 25.1 Å². The number of hydrogen-bond acceptors (Lipinski definition) is 7. The zero-order valence-corrected chi connectivity index (χ0v) is 20.5. The summed E-state index contributed by atoms with van der Waals surface area (Å²) in [4.78, 5) is 49.9. The summed E-state index contributed by atoms with van der Waals surface area (Å²) in [5.74, 6) is 1.23. The van der Waals surface area contributed by atoms with Crippen molar-refractivity contribution in [2.24, 2.45) is 0 Å². The third kappa shape index (κ3) is 4.25. The van der Waals surface area contributed by atoms with Crippen molar-refractivity contribution in [3.63, 3.8) is 0 Å². The van der Waals surface area contributed by atoms with Crippen LogP contribution in [0, 0.1) is 6.92 Å². The van der Waals surface area contributed by atoms with E-state index in [1.54, 1.807) is 4.90 Å². The zero-order chi connectivity index (χ0) is 24.8. The highest BCUT2D eigenvalue weighted by atomic mass is 16.5. The van der Waals surface area contributed by atoms with Gasteiger partial charge >= 0.3 is 0 Å². The summed E-state index contributed by atoms with van der Waals surface area (Å²) in [7, 11) is 0. The fourth-order valence-electron chi connectivity index (χ4n) is 5.99. The van der Waals surface area contributed by atoms with Crippen LogP contribution in [0.3, 0.4) is 0 Å². The minimum absolute atomic E-state index is 0.0972. The van der Waals surface area contributed by atoms with Crippen molar-refractivity contribution in [3.05, 3.63) is 53.1 Å². The molecule has 1 saturated carbocycles. The molecule has 1 aromatic carbocycles. The van der Waals surface area contributed by atoms with Gasteiger partial charge in [-0.15, -0.1) is 0 Å². The minimum Gasteiger partial charge on any atom is -0.489 e. The highest BCUT2D eigenvalue weighted by molar-refractivity contribution is 6.05. The number of ether oxygens (including phenoxy) is 1. The van der Waals surface area contributed by atoms with E-state index in [1.807, 2.05) is 37.5 Å². The lowest BCUT2D eigenvalue weighted by molar-refractivity contribution is -0.136. The van der Waals surface area contributed by atoms with Gasteiger partial charge in [-0.3, -0.25) is 24.6 Å². The van der Waals surface area contributed by atoms with Crippen LogP contribution in [0.4, 0.5) is 0 Å². The Morgan fingerprint density at radius 1 is 1.03 bits per heavy atom. The van der Waals surface area contributed by atoms with Crippen LogP contribution < -0.4 is 10.1 Å². The number of aromatic nitrogens is 2. The van der Waals surface area contributed by atoms with Gasteiger partial charge in [-0.25, -0.2) is 9.97 Å². The number of rotatable bonds is 5. The number of amides is 3. The average Bonchev–Trinajstić information content (AvgIpc) is 3.16. The summed E-state index contributed by atoms with van der Waals surface area (Å²) in [6.45, 7) is 4.26. The van der Waals surface area contributed by atoms with Gasteiger partial charge in [0, 0.05) is 56.0 Å². The Kier molecular flexibility index (Phi) is 5.95. The smallest absolute Gasteiger partial charge is 0.255 e. The van der Waals surface area contributed by atoms with Gasteiger partial charge in [-0.2, -0.15) is 0 Å². The van der Waals surface area contributed by atoms with Crippen LogP contribution in [0.5, 0.6) is 5.75 Å². The van der Waals surface area contributed by atoms with Crippen LogP contribution in [0.15, 0.2) is 30.6 Å². The Bertz CT molecular complexity index is 1190. The summed E-state index contributed by atoms with van der Waals surface area (Å²) in [6, 6.07) is 5.38. The number of imide groups is 1. The van der Waals surface area contributed by atoms with Crippen LogP contribution in [0.2, 0.25) is 0 Å². The van der Waals surface area contributed by atoms with Gasteiger partial charge in [0.25, 0.3) is 5.91 Å². The second-order valence-corrected chi connectivity index (χ2v) is 10.5. The topological polar surface area (TPSA) is 105 Å². The molecule has 36 heavy (non-hydrogen) atoms. The Morgan fingerprint density at radius 3 is 2.58 bits per heavy atom. The third-order valence-corrected chi connectivity index (χ3v) is 8.00. The number of hydrogen-bond donors (Lipinski definition) is 1. The van der Waals surface area contributed by atoms with E-state index in [2.05, 4.69) is 20.2 Å². The summed E-state index contributed by atoms with van der Waals surface area (Å²) in [5.41, 5.74) is 2.55. The Balaban J connectivity index is 1.11. The largest absolute Gasteiger partial charge is 0.489 e. The number of likely N-dealkylation sites (tertiary alicyclic amines) is 1. The molecule has 2 saturated heterocycles. The van der Waals surface area contributed by atoms with Gasteiger partial charge in [0.2, 0.25) is 11.8 Å². The number of carbonyl (C=O) groups is 3. The van der Waals surface area contributed by atoms with E-state index in [1.165, 1.54) is 6.42 Å². The highest BCUT2D eigenvalue weighted by Crippen LogP contribution is 2.36. The first kappa shape index (κ1) is 23.1. The molecule has 0 spiro atoms. The third-order valence-electron chi connectivity index (χ3n) is 8.00. The molecule has 4 aliphatic rings. The van der Waals surface area contributed by atoms with E-state index < -0.39 is 11.9 Å². The van der Waals surface area contributed by atoms with Gasteiger partial charge < -0.3 is 9.64 Å². The molecule has 3 atom stereocenters. The number of nitrogens with one attached hydrogen (secondary N) is 1. The lowest BCUT2D eigenvalue weighted by Crippen LogP contribution is -2.57. The van der Waals surface area contributed by atoms with E-state index >= 15 is 0 Å². The molecule has 0 bridgehead atoms.